The summed E-state index contributed by atoms with van der Waals surface area (Å²) in [5.41, 5.74) is 2.96. The number of anilines is 1. The van der Waals surface area contributed by atoms with Gasteiger partial charge >= 0.3 is 0 Å². The monoisotopic (exact) mass is 466 g/mol. The molecule has 0 saturated heterocycles. The van der Waals surface area contributed by atoms with Gasteiger partial charge in [-0.2, -0.15) is 0 Å². The molecular formula is C18H19BrN4O2S2. The molecule has 0 aliphatic rings. The second-order valence-corrected chi connectivity index (χ2v) is 9.84. The van der Waals surface area contributed by atoms with Gasteiger partial charge in [-0.25, -0.2) is 8.42 Å². The number of hydrogen-bond donors (Lipinski definition) is 1. The Morgan fingerprint density at radius 1 is 1.11 bits per heavy atom. The standard InChI is InChI=1S/C18H19BrN4O2S2/c1-11-7-12(2)17(13(3)8-11)27(24,25)22-15-9-14(19)5-6-16(15)26-18-21-20-10-23(18)4/h5-10,22H,1-4H3. The van der Waals surface area contributed by atoms with Crippen LogP contribution in [0.3, 0.4) is 0 Å². The molecule has 2 aromatic carbocycles. The Morgan fingerprint density at radius 2 is 1.78 bits per heavy atom. The fourth-order valence-corrected chi connectivity index (χ4v) is 5.70. The van der Waals surface area contributed by atoms with Crippen LogP contribution in [0, 0.1) is 20.8 Å². The highest BCUT2D eigenvalue weighted by atomic mass is 79.9. The van der Waals surface area contributed by atoms with Gasteiger partial charge in [0.05, 0.1) is 10.6 Å². The zero-order valence-electron chi connectivity index (χ0n) is 15.3. The average Bonchev–Trinajstić information content (AvgIpc) is 2.93. The van der Waals surface area contributed by atoms with E-state index >= 15 is 0 Å². The van der Waals surface area contributed by atoms with Gasteiger partial charge in [0, 0.05) is 16.4 Å². The van der Waals surface area contributed by atoms with Gasteiger partial charge in [0.2, 0.25) is 0 Å². The summed E-state index contributed by atoms with van der Waals surface area (Å²) in [5, 5.41) is 8.58. The zero-order chi connectivity index (χ0) is 19.8. The topological polar surface area (TPSA) is 76.9 Å². The molecule has 0 bridgehead atoms. The number of aryl methyl sites for hydroxylation is 4. The minimum Gasteiger partial charge on any atom is -0.311 e. The molecule has 27 heavy (non-hydrogen) atoms. The van der Waals surface area contributed by atoms with E-state index in [0.717, 1.165) is 26.1 Å². The van der Waals surface area contributed by atoms with Gasteiger partial charge in [0.25, 0.3) is 10.0 Å². The van der Waals surface area contributed by atoms with Crippen molar-refractivity contribution in [3.8, 4) is 0 Å². The molecule has 0 atom stereocenters. The lowest BCUT2D eigenvalue weighted by atomic mass is 10.1. The molecule has 1 N–H and O–H groups in total. The number of nitrogens with zero attached hydrogens (tertiary/aromatic N) is 3. The SMILES string of the molecule is Cc1cc(C)c(S(=O)(=O)Nc2cc(Br)ccc2Sc2nncn2C)c(C)c1. The number of nitrogens with one attached hydrogen (secondary N) is 1. The maximum atomic E-state index is 13.1. The van der Waals surface area contributed by atoms with Gasteiger partial charge in [-0.05, 0) is 61.9 Å². The van der Waals surface area contributed by atoms with Crippen LogP contribution in [0.1, 0.15) is 16.7 Å². The Kier molecular flexibility index (Phi) is 5.64. The third-order valence-corrected chi connectivity index (χ3v) is 7.22. The van der Waals surface area contributed by atoms with Gasteiger partial charge in [-0.1, -0.05) is 33.6 Å². The Bertz CT molecular complexity index is 1090. The largest absolute Gasteiger partial charge is 0.311 e. The van der Waals surface area contributed by atoms with Crippen LogP contribution in [0.2, 0.25) is 0 Å². The molecule has 0 aliphatic carbocycles. The van der Waals surface area contributed by atoms with Crippen molar-refractivity contribution in [1.82, 2.24) is 14.8 Å². The molecule has 0 amide bonds. The van der Waals surface area contributed by atoms with Crippen molar-refractivity contribution in [3.63, 3.8) is 0 Å². The second kappa shape index (κ2) is 7.65. The Labute approximate surface area is 171 Å². The summed E-state index contributed by atoms with van der Waals surface area (Å²) < 4.78 is 31.5. The summed E-state index contributed by atoms with van der Waals surface area (Å²) in [6.45, 7) is 5.57. The number of halogens is 1. The minimum absolute atomic E-state index is 0.308. The van der Waals surface area contributed by atoms with Crippen molar-refractivity contribution in [2.45, 2.75) is 35.7 Å². The molecule has 1 aromatic heterocycles. The zero-order valence-corrected chi connectivity index (χ0v) is 18.5. The first-order chi connectivity index (χ1) is 12.7. The van der Waals surface area contributed by atoms with Gasteiger partial charge in [0.1, 0.15) is 6.33 Å². The molecule has 9 heteroatoms. The van der Waals surface area contributed by atoms with Crippen molar-refractivity contribution < 1.29 is 8.42 Å². The van der Waals surface area contributed by atoms with Crippen LogP contribution >= 0.6 is 27.7 Å². The van der Waals surface area contributed by atoms with Gasteiger partial charge in [0.15, 0.2) is 5.16 Å². The van der Waals surface area contributed by atoms with Crippen molar-refractivity contribution in [1.29, 1.82) is 0 Å². The minimum atomic E-state index is -3.75. The first kappa shape index (κ1) is 19.9. The molecule has 0 aliphatic heterocycles. The Morgan fingerprint density at radius 3 is 2.37 bits per heavy atom. The lowest BCUT2D eigenvalue weighted by molar-refractivity contribution is 0.600. The molecule has 3 aromatic rings. The van der Waals surface area contributed by atoms with Crippen LogP contribution in [0.25, 0.3) is 0 Å². The summed E-state index contributed by atoms with van der Waals surface area (Å²) >= 11 is 4.76. The Balaban J connectivity index is 2.02. The van der Waals surface area contributed by atoms with Crippen LogP contribution < -0.4 is 4.72 Å². The van der Waals surface area contributed by atoms with Crippen molar-refractivity contribution >= 4 is 43.4 Å². The van der Waals surface area contributed by atoms with E-state index in [9.17, 15) is 8.42 Å². The molecule has 0 saturated carbocycles. The van der Waals surface area contributed by atoms with Crippen LogP contribution in [-0.4, -0.2) is 23.2 Å². The van der Waals surface area contributed by atoms with Crippen LogP contribution in [0.5, 0.6) is 0 Å². The number of sulfonamides is 1. The van der Waals surface area contributed by atoms with Crippen molar-refractivity contribution in [2.75, 3.05) is 4.72 Å². The summed E-state index contributed by atoms with van der Waals surface area (Å²) in [6, 6.07) is 9.19. The molecular weight excluding hydrogens is 448 g/mol. The van der Waals surface area contributed by atoms with E-state index in [2.05, 4.69) is 30.8 Å². The molecule has 0 fully saturated rings. The maximum Gasteiger partial charge on any atom is 0.262 e. The van der Waals surface area contributed by atoms with Crippen molar-refractivity contribution in [3.05, 3.63) is 57.8 Å². The molecule has 0 unspecified atom stereocenters. The molecule has 3 rings (SSSR count). The van der Waals surface area contributed by atoms with Crippen molar-refractivity contribution in [2.24, 2.45) is 7.05 Å². The highest BCUT2D eigenvalue weighted by Crippen LogP contribution is 2.36. The summed E-state index contributed by atoms with van der Waals surface area (Å²) in [4.78, 5) is 1.04. The van der Waals surface area contributed by atoms with E-state index in [-0.39, 0.29) is 0 Å². The highest BCUT2D eigenvalue weighted by molar-refractivity contribution is 9.10. The maximum absolute atomic E-state index is 13.1. The smallest absolute Gasteiger partial charge is 0.262 e. The predicted octanol–water partition coefficient (Wildman–Crippen LogP) is 4.45. The predicted molar refractivity (Wildman–Crippen MR) is 111 cm³/mol. The number of aromatic nitrogens is 3. The summed E-state index contributed by atoms with van der Waals surface area (Å²) in [7, 11) is -1.91. The fraction of sp³-hybridized carbons (Fsp3) is 0.222. The average molecular weight is 467 g/mol. The normalized spacial score (nSPS) is 11.6. The molecule has 142 valence electrons. The first-order valence-corrected chi connectivity index (χ1v) is 11.2. The lowest BCUT2D eigenvalue weighted by Crippen LogP contribution is -2.16. The lowest BCUT2D eigenvalue weighted by Gasteiger charge is -2.16. The summed E-state index contributed by atoms with van der Waals surface area (Å²) in [6.07, 6.45) is 1.60. The highest BCUT2D eigenvalue weighted by Gasteiger charge is 2.22. The van der Waals surface area contributed by atoms with Crippen LogP contribution in [-0.2, 0) is 17.1 Å². The van der Waals surface area contributed by atoms with E-state index in [4.69, 9.17) is 0 Å². The van der Waals surface area contributed by atoms with Gasteiger partial charge in [-0.3, -0.25) is 4.72 Å². The van der Waals surface area contributed by atoms with E-state index < -0.39 is 10.0 Å². The van der Waals surface area contributed by atoms with Gasteiger partial charge < -0.3 is 4.57 Å². The molecule has 0 spiro atoms. The molecule has 0 radical (unpaired) electrons. The van der Waals surface area contributed by atoms with E-state index in [0.29, 0.717) is 15.7 Å². The number of hydrogen-bond acceptors (Lipinski definition) is 5. The first-order valence-electron chi connectivity index (χ1n) is 8.09. The number of rotatable bonds is 5. The third-order valence-electron chi connectivity index (χ3n) is 3.93. The summed E-state index contributed by atoms with van der Waals surface area (Å²) in [5.74, 6) is 0. The van der Waals surface area contributed by atoms with Gasteiger partial charge in [-0.15, -0.1) is 10.2 Å². The van der Waals surface area contributed by atoms with E-state index in [1.54, 1.807) is 17.0 Å². The number of benzene rings is 2. The van der Waals surface area contributed by atoms with E-state index in [1.807, 2.05) is 52.1 Å². The third kappa shape index (κ3) is 4.36. The quantitative estimate of drug-likeness (QED) is 0.600. The molecule has 1 heterocycles. The second-order valence-electron chi connectivity index (χ2n) is 6.30. The fourth-order valence-electron chi connectivity index (χ4n) is 2.92. The van der Waals surface area contributed by atoms with Crippen LogP contribution in [0.4, 0.5) is 5.69 Å². The molecule has 6 nitrogen and oxygen atoms in total. The Hall–Kier alpha value is -1.84. The van der Waals surface area contributed by atoms with E-state index in [1.165, 1.54) is 11.8 Å². The van der Waals surface area contributed by atoms with Crippen LogP contribution in [0.15, 0.2) is 56.1 Å².